The van der Waals surface area contributed by atoms with Crippen LogP contribution in [0.5, 0.6) is 0 Å². The van der Waals surface area contributed by atoms with Crippen LogP contribution in [0.15, 0.2) is 10.9 Å². The molecule has 7 nitrogen and oxygen atoms in total. The van der Waals surface area contributed by atoms with Gasteiger partial charge in [-0.25, -0.2) is 4.98 Å². The van der Waals surface area contributed by atoms with Crippen LogP contribution in [0.4, 0.5) is 5.13 Å². The van der Waals surface area contributed by atoms with E-state index in [1.54, 1.807) is 0 Å². The highest BCUT2D eigenvalue weighted by Gasteiger charge is 2.26. The van der Waals surface area contributed by atoms with Gasteiger partial charge in [0.25, 0.3) is 5.56 Å². The summed E-state index contributed by atoms with van der Waals surface area (Å²) in [5.74, 6) is 2.55. The molecule has 0 aromatic carbocycles. The van der Waals surface area contributed by atoms with Gasteiger partial charge in [-0.15, -0.1) is 5.10 Å². The molecule has 0 atom stereocenters. The molecule has 27 heavy (non-hydrogen) atoms. The Hall–Kier alpha value is -1.61. The first-order chi connectivity index (χ1) is 13.1. The quantitative estimate of drug-likeness (QED) is 0.674. The summed E-state index contributed by atoms with van der Waals surface area (Å²) in [6.07, 6.45) is 3.86. The van der Waals surface area contributed by atoms with E-state index in [0.717, 1.165) is 49.8 Å². The van der Waals surface area contributed by atoms with Gasteiger partial charge in [0.1, 0.15) is 0 Å². The minimum atomic E-state index is -0.147. The second kappa shape index (κ2) is 9.54. The standard InChI is InChI=1S/C18H27N5O2S2/c1-3-10-26-11-4-7-19-16(25)14-5-8-22(9-6-14)18-21-23-15(24)12-13(2)20-17(23)27-18/h12,14H,3-11H2,1-2H3,(H,19,25). The number of hydrogen-bond acceptors (Lipinski definition) is 7. The lowest BCUT2D eigenvalue weighted by atomic mass is 9.96. The zero-order valence-electron chi connectivity index (χ0n) is 15.9. The lowest BCUT2D eigenvalue weighted by Gasteiger charge is -2.30. The van der Waals surface area contributed by atoms with Gasteiger partial charge in [0.15, 0.2) is 0 Å². The summed E-state index contributed by atoms with van der Waals surface area (Å²) in [6.45, 7) is 6.32. The van der Waals surface area contributed by atoms with Crippen LogP contribution in [0.1, 0.15) is 38.3 Å². The second-order valence-electron chi connectivity index (χ2n) is 6.83. The summed E-state index contributed by atoms with van der Waals surface area (Å²) in [7, 11) is 0. The molecule has 1 aliphatic heterocycles. The maximum Gasteiger partial charge on any atom is 0.275 e. The van der Waals surface area contributed by atoms with E-state index in [9.17, 15) is 9.59 Å². The number of fused-ring (bicyclic) bond motifs is 1. The van der Waals surface area contributed by atoms with Crippen molar-refractivity contribution in [2.24, 2.45) is 5.92 Å². The number of carbonyl (C=O) groups is 1. The number of hydrogen-bond donors (Lipinski definition) is 1. The molecule has 1 fully saturated rings. The van der Waals surface area contributed by atoms with E-state index >= 15 is 0 Å². The molecule has 0 spiro atoms. The van der Waals surface area contributed by atoms with Crippen LogP contribution < -0.4 is 15.8 Å². The third-order valence-corrected chi connectivity index (χ3v) is 6.86. The summed E-state index contributed by atoms with van der Waals surface area (Å²) < 4.78 is 1.36. The third kappa shape index (κ3) is 5.22. The number of nitrogens with zero attached hydrogens (tertiary/aromatic N) is 4. The fourth-order valence-corrected chi connectivity index (χ4v) is 4.99. The molecule has 3 rings (SSSR count). The largest absolute Gasteiger partial charge is 0.356 e. The Morgan fingerprint density at radius 1 is 1.37 bits per heavy atom. The van der Waals surface area contributed by atoms with E-state index in [1.165, 1.54) is 34.1 Å². The van der Waals surface area contributed by atoms with Gasteiger partial charge < -0.3 is 10.2 Å². The van der Waals surface area contributed by atoms with Gasteiger partial charge in [-0.05, 0) is 44.1 Å². The Kier molecular flexibility index (Phi) is 7.12. The SMILES string of the molecule is CCCSCCCNC(=O)C1CCN(c2nn3c(=O)cc(C)nc3s2)CC1. The molecule has 1 aliphatic rings. The van der Waals surface area contributed by atoms with Gasteiger partial charge in [0.05, 0.1) is 0 Å². The van der Waals surface area contributed by atoms with Crippen LogP contribution in [-0.2, 0) is 4.79 Å². The molecule has 3 heterocycles. The van der Waals surface area contributed by atoms with Crippen LogP contribution in [0.3, 0.4) is 0 Å². The zero-order valence-corrected chi connectivity index (χ0v) is 17.6. The summed E-state index contributed by atoms with van der Waals surface area (Å²) >= 11 is 3.38. The Labute approximate surface area is 167 Å². The van der Waals surface area contributed by atoms with E-state index < -0.39 is 0 Å². The van der Waals surface area contributed by atoms with Gasteiger partial charge in [-0.1, -0.05) is 18.3 Å². The highest BCUT2D eigenvalue weighted by molar-refractivity contribution is 7.99. The lowest BCUT2D eigenvalue weighted by molar-refractivity contribution is -0.125. The summed E-state index contributed by atoms with van der Waals surface area (Å²) in [4.78, 5) is 31.5. The molecule has 0 saturated carbocycles. The molecule has 0 unspecified atom stereocenters. The molecule has 0 aliphatic carbocycles. The lowest BCUT2D eigenvalue weighted by Crippen LogP contribution is -2.41. The van der Waals surface area contributed by atoms with Crippen LogP contribution >= 0.6 is 23.1 Å². The molecule has 9 heteroatoms. The molecule has 1 amide bonds. The number of amides is 1. The van der Waals surface area contributed by atoms with Crippen molar-refractivity contribution in [1.82, 2.24) is 19.9 Å². The fourth-order valence-electron chi connectivity index (χ4n) is 3.15. The van der Waals surface area contributed by atoms with Crippen LogP contribution in [0.25, 0.3) is 4.96 Å². The highest BCUT2D eigenvalue weighted by atomic mass is 32.2. The van der Waals surface area contributed by atoms with E-state index in [4.69, 9.17) is 0 Å². The maximum absolute atomic E-state index is 12.3. The predicted molar refractivity (Wildman–Crippen MR) is 112 cm³/mol. The van der Waals surface area contributed by atoms with Crippen molar-refractivity contribution in [2.45, 2.75) is 39.5 Å². The molecular formula is C18H27N5O2S2. The summed E-state index contributed by atoms with van der Waals surface area (Å²) in [6, 6.07) is 1.49. The number of aromatic nitrogens is 3. The molecule has 0 bridgehead atoms. The minimum absolute atomic E-state index is 0.0713. The molecule has 2 aromatic heterocycles. The Morgan fingerprint density at radius 2 is 2.15 bits per heavy atom. The number of rotatable bonds is 8. The predicted octanol–water partition coefficient (Wildman–Crippen LogP) is 2.33. The highest BCUT2D eigenvalue weighted by Crippen LogP contribution is 2.26. The average molecular weight is 410 g/mol. The smallest absolute Gasteiger partial charge is 0.275 e. The Bertz CT molecular complexity index is 827. The average Bonchev–Trinajstić information content (AvgIpc) is 3.09. The van der Waals surface area contributed by atoms with Crippen LogP contribution in [0, 0.1) is 12.8 Å². The van der Waals surface area contributed by atoms with Gasteiger partial charge in [-0.2, -0.15) is 16.3 Å². The molecule has 1 N–H and O–H groups in total. The number of thioether (sulfide) groups is 1. The Morgan fingerprint density at radius 3 is 2.89 bits per heavy atom. The maximum atomic E-state index is 12.3. The van der Waals surface area contributed by atoms with Gasteiger partial charge in [0, 0.05) is 37.3 Å². The first-order valence-electron chi connectivity index (χ1n) is 9.56. The van der Waals surface area contributed by atoms with Crippen molar-refractivity contribution in [1.29, 1.82) is 0 Å². The van der Waals surface area contributed by atoms with E-state index in [0.29, 0.717) is 10.7 Å². The monoisotopic (exact) mass is 409 g/mol. The van der Waals surface area contributed by atoms with Crippen molar-refractivity contribution in [3.05, 3.63) is 22.1 Å². The number of piperidine rings is 1. The topological polar surface area (TPSA) is 79.6 Å². The van der Waals surface area contributed by atoms with Gasteiger partial charge in [0.2, 0.25) is 16.0 Å². The molecule has 1 saturated heterocycles. The second-order valence-corrected chi connectivity index (χ2v) is 8.99. The first kappa shape index (κ1) is 20.1. The zero-order chi connectivity index (χ0) is 19.2. The number of nitrogens with one attached hydrogen (secondary N) is 1. The van der Waals surface area contributed by atoms with Crippen molar-refractivity contribution in [3.8, 4) is 0 Å². The summed E-state index contributed by atoms with van der Waals surface area (Å²) in [5, 5.41) is 8.30. The first-order valence-corrected chi connectivity index (χ1v) is 11.5. The minimum Gasteiger partial charge on any atom is -0.356 e. The number of anilines is 1. The van der Waals surface area contributed by atoms with Crippen molar-refractivity contribution in [3.63, 3.8) is 0 Å². The molecular weight excluding hydrogens is 382 g/mol. The van der Waals surface area contributed by atoms with Gasteiger partial charge in [-0.3, -0.25) is 9.59 Å². The van der Waals surface area contributed by atoms with Crippen LogP contribution in [0.2, 0.25) is 0 Å². The number of carbonyl (C=O) groups excluding carboxylic acids is 1. The fraction of sp³-hybridized carbons (Fsp3) is 0.667. The summed E-state index contributed by atoms with van der Waals surface area (Å²) in [5.41, 5.74) is 0.560. The van der Waals surface area contributed by atoms with Crippen molar-refractivity contribution in [2.75, 3.05) is 36.0 Å². The van der Waals surface area contributed by atoms with Gasteiger partial charge >= 0.3 is 0 Å². The normalized spacial score (nSPS) is 15.4. The van der Waals surface area contributed by atoms with E-state index in [-0.39, 0.29) is 17.4 Å². The molecule has 0 radical (unpaired) electrons. The van der Waals surface area contributed by atoms with E-state index in [1.807, 2.05) is 18.7 Å². The number of aryl methyl sites for hydroxylation is 1. The van der Waals surface area contributed by atoms with Crippen molar-refractivity contribution >= 4 is 39.1 Å². The Balaban J connectivity index is 1.48. The molecule has 2 aromatic rings. The van der Waals surface area contributed by atoms with Crippen molar-refractivity contribution < 1.29 is 4.79 Å². The molecule has 148 valence electrons. The third-order valence-electron chi connectivity index (χ3n) is 4.61. The van der Waals surface area contributed by atoms with E-state index in [2.05, 4.69) is 27.2 Å². The van der Waals surface area contributed by atoms with Crippen LogP contribution in [-0.4, -0.2) is 51.6 Å².